The van der Waals surface area contributed by atoms with Gasteiger partial charge in [0, 0.05) is 30.3 Å². The van der Waals surface area contributed by atoms with E-state index < -0.39 is 0 Å². The fraction of sp³-hybridized carbons (Fsp3) is 0.333. The van der Waals surface area contributed by atoms with Crippen molar-refractivity contribution in [1.82, 2.24) is 5.32 Å². The number of ether oxygens (including phenoxy) is 4. The van der Waals surface area contributed by atoms with E-state index in [9.17, 15) is 9.59 Å². The molecular formula is C21H22N2O6. The van der Waals surface area contributed by atoms with Gasteiger partial charge in [-0.2, -0.15) is 0 Å². The van der Waals surface area contributed by atoms with Gasteiger partial charge >= 0.3 is 0 Å². The largest absolute Gasteiger partial charge is 0.493 e. The van der Waals surface area contributed by atoms with Crippen molar-refractivity contribution >= 4 is 17.5 Å². The molecule has 1 atom stereocenters. The normalized spacial score (nSPS) is 17.8. The molecule has 2 aliphatic heterocycles. The van der Waals surface area contributed by atoms with Crippen LogP contribution in [0.3, 0.4) is 0 Å². The molecule has 1 saturated heterocycles. The average Bonchev–Trinajstić information content (AvgIpc) is 3.12. The molecule has 2 aromatic carbocycles. The Labute approximate surface area is 168 Å². The fourth-order valence-electron chi connectivity index (χ4n) is 3.50. The van der Waals surface area contributed by atoms with Crippen molar-refractivity contribution in [3.05, 3.63) is 42.0 Å². The van der Waals surface area contributed by atoms with Gasteiger partial charge in [-0.3, -0.25) is 9.59 Å². The topological polar surface area (TPSA) is 86.3 Å². The molecule has 4 rings (SSSR count). The molecule has 152 valence electrons. The number of nitrogens with zero attached hydrogens (tertiary/aromatic N) is 1. The number of benzene rings is 2. The molecule has 1 N–H and O–H groups in total. The maximum absolute atomic E-state index is 12.6. The van der Waals surface area contributed by atoms with Gasteiger partial charge < -0.3 is 29.2 Å². The van der Waals surface area contributed by atoms with Crippen LogP contribution in [0, 0.1) is 0 Å². The molecule has 0 bridgehead atoms. The minimum Gasteiger partial charge on any atom is -0.493 e. The molecule has 29 heavy (non-hydrogen) atoms. The summed E-state index contributed by atoms with van der Waals surface area (Å²) in [6, 6.07) is 10.1. The van der Waals surface area contributed by atoms with Crippen molar-refractivity contribution in [2.45, 2.75) is 12.5 Å². The number of nitrogens with one attached hydrogen (secondary N) is 1. The van der Waals surface area contributed by atoms with Crippen LogP contribution in [-0.2, 0) is 4.79 Å². The number of hydrogen-bond donors (Lipinski definition) is 1. The van der Waals surface area contributed by atoms with E-state index in [0.717, 1.165) is 5.69 Å². The molecule has 2 aliphatic rings. The van der Waals surface area contributed by atoms with E-state index in [0.29, 0.717) is 48.3 Å². The van der Waals surface area contributed by atoms with Gasteiger partial charge in [0.15, 0.2) is 23.0 Å². The SMILES string of the molecule is COc1ccc(C(=O)N[C@@H]2CC(=O)N(c3ccc4c(c3)OCCO4)C2)cc1OC. The molecule has 8 nitrogen and oxygen atoms in total. The van der Waals surface area contributed by atoms with Crippen LogP contribution in [0.15, 0.2) is 36.4 Å². The van der Waals surface area contributed by atoms with Gasteiger partial charge in [0.05, 0.1) is 20.3 Å². The molecule has 0 unspecified atom stereocenters. The lowest BCUT2D eigenvalue weighted by molar-refractivity contribution is -0.117. The Hall–Kier alpha value is -3.42. The molecular weight excluding hydrogens is 376 g/mol. The van der Waals surface area contributed by atoms with E-state index in [1.807, 2.05) is 6.07 Å². The van der Waals surface area contributed by atoms with Crippen molar-refractivity contribution in [2.24, 2.45) is 0 Å². The highest BCUT2D eigenvalue weighted by Crippen LogP contribution is 2.35. The summed E-state index contributed by atoms with van der Waals surface area (Å²) in [7, 11) is 3.05. The highest BCUT2D eigenvalue weighted by Gasteiger charge is 2.32. The Morgan fingerprint density at radius 3 is 2.55 bits per heavy atom. The average molecular weight is 398 g/mol. The van der Waals surface area contributed by atoms with Gasteiger partial charge in [-0.05, 0) is 30.3 Å². The van der Waals surface area contributed by atoms with E-state index in [4.69, 9.17) is 18.9 Å². The summed E-state index contributed by atoms with van der Waals surface area (Å²) >= 11 is 0. The third kappa shape index (κ3) is 3.78. The number of hydrogen-bond acceptors (Lipinski definition) is 6. The Morgan fingerprint density at radius 1 is 1.03 bits per heavy atom. The summed E-state index contributed by atoms with van der Waals surface area (Å²) in [6.07, 6.45) is 0.230. The summed E-state index contributed by atoms with van der Waals surface area (Å²) in [4.78, 5) is 26.8. The summed E-state index contributed by atoms with van der Waals surface area (Å²) in [6.45, 7) is 1.38. The van der Waals surface area contributed by atoms with Gasteiger partial charge in [0.2, 0.25) is 5.91 Å². The van der Waals surface area contributed by atoms with E-state index in [2.05, 4.69) is 5.32 Å². The first-order chi connectivity index (χ1) is 14.1. The quantitative estimate of drug-likeness (QED) is 0.829. The van der Waals surface area contributed by atoms with Gasteiger partial charge in [-0.15, -0.1) is 0 Å². The second-order valence-corrected chi connectivity index (χ2v) is 6.78. The Bertz CT molecular complexity index is 945. The van der Waals surface area contributed by atoms with Gasteiger partial charge in [0.1, 0.15) is 13.2 Å². The van der Waals surface area contributed by atoms with Crippen LogP contribution in [-0.4, -0.2) is 51.8 Å². The lowest BCUT2D eigenvalue weighted by Crippen LogP contribution is -2.37. The molecule has 0 spiro atoms. The summed E-state index contributed by atoms with van der Waals surface area (Å²) in [5.41, 5.74) is 1.16. The number of carbonyl (C=O) groups is 2. The summed E-state index contributed by atoms with van der Waals surface area (Å²) in [5.74, 6) is 1.99. The molecule has 0 saturated carbocycles. The Balaban J connectivity index is 1.45. The lowest BCUT2D eigenvalue weighted by atomic mass is 10.1. The molecule has 2 aromatic rings. The third-order valence-electron chi connectivity index (χ3n) is 4.94. The number of carbonyl (C=O) groups excluding carboxylic acids is 2. The second-order valence-electron chi connectivity index (χ2n) is 6.78. The third-order valence-corrected chi connectivity index (χ3v) is 4.94. The van der Waals surface area contributed by atoms with Crippen molar-refractivity contribution in [1.29, 1.82) is 0 Å². The molecule has 2 amide bonds. The first-order valence-electron chi connectivity index (χ1n) is 9.32. The minimum atomic E-state index is -0.295. The zero-order valence-electron chi connectivity index (χ0n) is 16.3. The molecule has 8 heteroatoms. The highest BCUT2D eigenvalue weighted by atomic mass is 16.6. The van der Waals surface area contributed by atoms with E-state index >= 15 is 0 Å². The molecule has 0 aromatic heterocycles. The first kappa shape index (κ1) is 18.9. The Morgan fingerprint density at radius 2 is 1.79 bits per heavy atom. The molecule has 0 aliphatic carbocycles. The number of rotatable bonds is 5. The zero-order chi connectivity index (χ0) is 20.4. The first-order valence-corrected chi connectivity index (χ1v) is 9.32. The number of fused-ring (bicyclic) bond motifs is 1. The maximum Gasteiger partial charge on any atom is 0.251 e. The van der Waals surface area contributed by atoms with Crippen molar-refractivity contribution in [3.8, 4) is 23.0 Å². The van der Waals surface area contributed by atoms with Gasteiger partial charge in [-0.1, -0.05) is 0 Å². The van der Waals surface area contributed by atoms with Crippen LogP contribution in [0.4, 0.5) is 5.69 Å². The van der Waals surface area contributed by atoms with Crippen LogP contribution in [0.25, 0.3) is 0 Å². The van der Waals surface area contributed by atoms with Crippen molar-refractivity contribution < 1.29 is 28.5 Å². The fourth-order valence-corrected chi connectivity index (χ4v) is 3.50. The van der Waals surface area contributed by atoms with Crippen LogP contribution in [0.1, 0.15) is 16.8 Å². The number of amides is 2. The number of anilines is 1. The second kappa shape index (κ2) is 7.90. The predicted octanol–water partition coefficient (Wildman–Crippen LogP) is 2.01. The van der Waals surface area contributed by atoms with Crippen LogP contribution >= 0.6 is 0 Å². The van der Waals surface area contributed by atoms with E-state index in [1.54, 1.807) is 35.2 Å². The van der Waals surface area contributed by atoms with Gasteiger partial charge in [-0.25, -0.2) is 0 Å². The standard InChI is InChI=1S/C21H22N2O6/c1-26-16-5-3-13(9-18(16)27-2)21(25)22-14-10-20(24)23(12-14)15-4-6-17-19(11-15)29-8-7-28-17/h3-6,9,11,14H,7-8,10,12H2,1-2H3,(H,22,25)/t14-/m1/s1. The smallest absolute Gasteiger partial charge is 0.251 e. The number of methoxy groups -OCH3 is 2. The maximum atomic E-state index is 12.6. The van der Waals surface area contributed by atoms with Crippen molar-refractivity contribution in [3.63, 3.8) is 0 Å². The van der Waals surface area contributed by atoms with Crippen molar-refractivity contribution in [2.75, 3.05) is 38.9 Å². The Kier molecular flexibility index (Phi) is 5.16. The molecule has 0 radical (unpaired) electrons. The minimum absolute atomic E-state index is 0.0562. The predicted molar refractivity (Wildman–Crippen MR) is 105 cm³/mol. The summed E-state index contributed by atoms with van der Waals surface area (Å²) in [5, 5.41) is 2.92. The zero-order valence-corrected chi connectivity index (χ0v) is 16.3. The van der Waals surface area contributed by atoms with Crippen LogP contribution < -0.4 is 29.2 Å². The highest BCUT2D eigenvalue weighted by molar-refractivity contribution is 5.99. The van der Waals surface area contributed by atoms with E-state index in [-0.39, 0.29) is 24.3 Å². The van der Waals surface area contributed by atoms with Gasteiger partial charge in [0.25, 0.3) is 5.91 Å². The van der Waals surface area contributed by atoms with Crippen LogP contribution in [0.2, 0.25) is 0 Å². The summed E-state index contributed by atoms with van der Waals surface area (Å²) < 4.78 is 21.6. The molecule has 1 fully saturated rings. The molecule has 2 heterocycles. The lowest BCUT2D eigenvalue weighted by Gasteiger charge is -2.22. The monoisotopic (exact) mass is 398 g/mol. The van der Waals surface area contributed by atoms with E-state index in [1.165, 1.54) is 14.2 Å². The van der Waals surface area contributed by atoms with Crippen LogP contribution in [0.5, 0.6) is 23.0 Å².